The molecule has 0 bridgehead atoms. The van der Waals surface area contributed by atoms with E-state index in [2.05, 4.69) is 11.6 Å². The molecule has 0 saturated carbocycles. The Morgan fingerprint density at radius 1 is 1.25 bits per heavy atom. The zero-order valence-corrected chi connectivity index (χ0v) is 15.6. The molecule has 0 aliphatic carbocycles. The van der Waals surface area contributed by atoms with E-state index in [9.17, 15) is 13.2 Å². The van der Waals surface area contributed by atoms with Crippen molar-refractivity contribution in [2.45, 2.75) is 11.8 Å². The lowest BCUT2D eigenvalue weighted by molar-refractivity contribution is 0.112. The minimum atomic E-state index is -4.20. The van der Waals surface area contributed by atoms with Crippen molar-refractivity contribution < 1.29 is 17.6 Å². The lowest BCUT2D eigenvalue weighted by atomic mass is 10.0. The maximum Gasteiger partial charge on any atom is 0.249 e. The first-order chi connectivity index (χ1) is 13.5. The highest BCUT2D eigenvalue weighted by Gasteiger charge is 2.32. The smallest absolute Gasteiger partial charge is 0.249 e. The molecule has 2 aromatic heterocycles. The molecule has 6 nitrogen and oxygen atoms in total. The van der Waals surface area contributed by atoms with E-state index >= 15 is 4.39 Å². The number of aromatic nitrogens is 2. The fraction of sp³-hybridized carbons (Fsp3) is 0.100. The van der Waals surface area contributed by atoms with E-state index in [1.54, 1.807) is 36.4 Å². The van der Waals surface area contributed by atoms with Gasteiger partial charge < -0.3 is 5.73 Å². The molecule has 2 N–H and O–H groups in total. The molecule has 1 atom stereocenters. The van der Waals surface area contributed by atoms with E-state index in [0.29, 0.717) is 16.7 Å². The Kier molecular flexibility index (Phi) is 5.53. The van der Waals surface area contributed by atoms with Gasteiger partial charge in [0, 0.05) is 30.7 Å². The molecule has 0 spiro atoms. The fourth-order valence-corrected chi connectivity index (χ4v) is 4.69. The zero-order valence-electron chi connectivity index (χ0n) is 14.8. The van der Waals surface area contributed by atoms with Gasteiger partial charge in [-0.15, -0.1) is 6.58 Å². The maximum absolute atomic E-state index is 15.0. The number of rotatable bonds is 7. The van der Waals surface area contributed by atoms with Gasteiger partial charge in [0.15, 0.2) is 12.1 Å². The van der Waals surface area contributed by atoms with Crippen LogP contribution in [0.5, 0.6) is 0 Å². The summed E-state index contributed by atoms with van der Waals surface area (Å²) in [6.45, 7) is 3.69. The van der Waals surface area contributed by atoms with Gasteiger partial charge >= 0.3 is 0 Å². The molecule has 0 saturated heterocycles. The van der Waals surface area contributed by atoms with Gasteiger partial charge in [-0.3, -0.25) is 9.78 Å². The number of carbonyl (C=O) groups is 1. The first-order valence-corrected chi connectivity index (χ1v) is 9.87. The van der Waals surface area contributed by atoms with E-state index in [4.69, 9.17) is 5.73 Å². The molecule has 2 heterocycles. The summed E-state index contributed by atoms with van der Waals surface area (Å²) in [5.41, 5.74) is 6.36. The number of nitrogens with two attached hydrogens (primary N) is 1. The molecule has 1 aromatic carbocycles. The molecule has 1 unspecified atom stereocenters. The third-order valence-electron chi connectivity index (χ3n) is 4.38. The van der Waals surface area contributed by atoms with Crippen LogP contribution in [0.2, 0.25) is 0 Å². The van der Waals surface area contributed by atoms with E-state index < -0.39 is 21.1 Å². The van der Waals surface area contributed by atoms with Crippen molar-refractivity contribution in [1.29, 1.82) is 0 Å². The van der Waals surface area contributed by atoms with E-state index in [-0.39, 0.29) is 24.1 Å². The molecule has 28 heavy (non-hydrogen) atoms. The number of carbonyl (C=O) groups excluding carboxylic acids is 1. The highest BCUT2D eigenvalue weighted by atomic mass is 32.2. The van der Waals surface area contributed by atoms with E-state index in [1.165, 1.54) is 18.5 Å². The van der Waals surface area contributed by atoms with E-state index in [1.807, 2.05) is 0 Å². The maximum atomic E-state index is 15.0. The number of nitrogens with zero attached hydrogens (tertiary/aromatic N) is 2. The SMILES string of the molecule is C=CC(c1cccnc1)S(=O)(=O)n1cc(C=O)c(F)c1-c1ccccc1CN. The second-order valence-corrected chi connectivity index (χ2v) is 7.94. The third-order valence-corrected chi connectivity index (χ3v) is 6.32. The summed E-state index contributed by atoms with van der Waals surface area (Å²) >= 11 is 0. The Morgan fingerprint density at radius 3 is 2.61 bits per heavy atom. The number of benzene rings is 1. The van der Waals surface area contributed by atoms with Crippen LogP contribution in [0, 0.1) is 5.82 Å². The van der Waals surface area contributed by atoms with Gasteiger partial charge in [0.2, 0.25) is 10.0 Å². The van der Waals surface area contributed by atoms with Crippen LogP contribution in [-0.2, 0) is 16.6 Å². The highest BCUT2D eigenvalue weighted by molar-refractivity contribution is 7.90. The van der Waals surface area contributed by atoms with Gasteiger partial charge in [-0.2, -0.15) is 0 Å². The summed E-state index contributed by atoms with van der Waals surface area (Å²) in [4.78, 5) is 15.3. The first kappa shape index (κ1) is 19.7. The van der Waals surface area contributed by atoms with Gasteiger partial charge in [-0.05, 0) is 17.2 Å². The summed E-state index contributed by atoms with van der Waals surface area (Å²) in [5.74, 6) is -0.923. The average Bonchev–Trinajstić information content (AvgIpc) is 3.06. The fourth-order valence-electron chi connectivity index (χ4n) is 3.03. The van der Waals surface area contributed by atoms with Crippen LogP contribution in [0.15, 0.2) is 67.6 Å². The van der Waals surface area contributed by atoms with Crippen LogP contribution in [0.1, 0.15) is 26.7 Å². The molecule has 0 amide bonds. The van der Waals surface area contributed by atoms with E-state index in [0.717, 1.165) is 10.2 Å². The van der Waals surface area contributed by atoms with Crippen molar-refractivity contribution in [3.63, 3.8) is 0 Å². The number of aldehydes is 1. The molecule has 144 valence electrons. The lowest BCUT2D eigenvalue weighted by Crippen LogP contribution is -2.20. The Hall–Kier alpha value is -3.10. The quantitative estimate of drug-likeness (QED) is 0.487. The number of hydrogen-bond acceptors (Lipinski definition) is 5. The molecule has 8 heteroatoms. The molecule has 0 radical (unpaired) electrons. The summed E-state index contributed by atoms with van der Waals surface area (Å²) in [6, 6.07) is 9.78. The predicted molar refractivity (Wildman–Crippen MR) is 105 cm³/mol. The largest absolute Gasteiger partial charge is 0.326 e. The Labute approximate surface area is 162 Å². The molecule has 3 rings (SSSR count). The molecule has 3 aromatic rings. The Morgan fingerprint density at radius 2 is 2.00 bits per heavy atom. The van der Waals surface area contributed by atoms with Gasteiger partial charge in [-0.1, -0.05) is 36.4 Å². The van der Waals surface area contributed by atoms with Gasteiger partial charge in [0.25, 0.3) is 0 Å². The monoisotopic (exact) mass is 399 g/mol. The highest BCUT2D eigenvalue weighted by Crippen LogP contribution is 2.34. The van der Waals surface area contributed by atoms with Gasteiger partial charge in [0.1, 0.15) is 10.9 Å². The number of pyridine rings is 1. The number of hydrogen-bond donors (Lipinski definition) is 1. The molecule has 0 aliphatic rings. The van der Waals surface area contributed by atoms with Crippen LogP contribution < -0.4 is 5.73 Å². The normalized spacial score (nSPS) is 12.5. The molecular weight excluding hydrogens is 381 g/mol. The van der Waals surface area contributed by atoms with Crippen LogP contribution in [-0.4, -0.2) is 23.7 Å². The van der Waals surface area contributed by atoms with Crippen LogP contribution in [0.25, 0.3) is 11.3 Å². The van der Waals surface area contributed by atoms with Crippen molar-refractivity contribution in [3.05, 3.63) is 90.2 Å². The lowest BCUT2D eigenvalue weighted by Gasteiger charge is -2.18. The van der Waals surface area contributed by atoms with Crippen molar-refractivity contribution >= 4 is 16.3 Å². The summed E-state index contributed by atoms with van der Waals surface area (Å²) in [7, 11) is -4.20. The summed E-state index contributed by atoms with van der Waals surface area (Å²) < 4.78 is 42.6. The Balaban J connectivity index is 2.30. The van der Waals surface area contributed by atoms with Crippen molar-refractivity contribution in [1.82, 2.24) is 8.96 Å². The van der Waals surface area contributed by atoms with Crippen molar-refractivity contribution in [3.8, 4) is 11.3 Å². The molecular formula is C20H18FN3O3S. The molecule has 0 fully saturated rings. The van der Waals surface area contributed by atoms with Crippen LogP contribution >= 0.6 is 0 Å². The second kappa shape index (κ2) is 7.87. The van der Waals surface area contributed by atoms with Crippen molar-refractivity contribution in [2.75, 3.05) is 0 Å². The van der Waals surface area contributed by atoms with Crippen LogP contribution in [0.4, 0.5) is 4.39 Å². The summed E-state index contributed by atoms with van der Waals surface area (Å²) in [6.07, 6.45) is 5.41. The zero-order chi connectivity index (χ0) is 20.3. The summed E-state index contributed by atoms with van der Waals surface area (Å²) in [5, 5.41) is -1.18. The average molecular weight is 399 g/mol. The van der Waals surface area contributed by atoms with Gasteiger partial charge in [-0.25, -0.2) is 16.8 Å². The van der Waals surface area contributed by atoms with Crippen molar-refractivity contribution in [2.24, 2.45) is 5.73 Å². The first-order valence-electron chi connectivity index (χ1n) is 8.37. The standard InChI is InChI=1S/C20H18FN3O3S/c1-2-18(15-7-5-9-23-11-15)28(26,27)24-12-16(13-25)19(21)20(24)17-8-4-3-6-14(17)10-22/h2-9,11-13,18H,1,10,22H2. The Bertz CT molecular complexity index is 1120. The predicted octanol–water partition coefficient (Wildman–Crippen LogP) is 3.07. The van der Waals surface area contributed by atoms with Crippen LogP contribution in [0.3, 0.4) is 0 Å². The minimum absolute atomic E-state index is 0.0742. The minimum Gasteiger partial charge on any atom is -0.326 e. The van der Waals surface area contributed by atoms with Gasteiger partial charge in [0.05, 0.1) is 5.56 Å². The topological polar surface area (TPSA) is 95.0 Å². The second-order valence-electron chi connectivity index (χ2n) is 6.01. The third kappa shape index (κ3) is 3.28. The number of halogens is 1. The molecule has 0 aliphatic heterocycles.